The molecular formula is C27H52O4. The molecule has 0 bridgehead atoms. The minimum Gasteiger partial charge on any atom is -0.466 e. The van der Waals surface area contributed by atoms with Crippen LogP contribution >= 0.6 is 0 Å². The Morgan fingerprint density at radius 2 is 1.00 bits per heavy atom. The summed E-state index contributed by atoms with van der Waals surface area (Å²) >= 11 is 0. The fourth-order valence-electron chi connectivity index (χ4n) is 3.52. The van der Waals surface area contributed by atoms with Crippen LogP contribution in [0, 0.1) is 5.92 Å². The molecule has 1 atom stereocenters. The molecule has 4 heteroatoms. The van der Waals surface area contributed by atoms with Gasteiger partial charge in [-0.15, -0.1) is 0 Å². The summed E-state index contributed by atoms with van der Waals surface area (Å²) in [6, 6.07) is 0. The smallest absolute Gasteiger partial charge is 0.305 e. The van der Waals surface area contributed by atoms with Gasteiger partial charge in [-0.2, -0.15) is 0 Å². The van der Waals surface area contributed by atoms with Crippen LogP contribution in [-0.4, -0.2) is 25.2 Å². The van der Waals surface area contributed by atoms with Gasteiger partial charge in [-0.1, -0.05) is 111 Å². The third-order valence-electron chi connectivity index (χ3n) is 6.00. The average molecular weight is 441 g/mol. The van der Waals surface area contributed by atoms with E-state index in [0.717, 1.165) is 51.4 Å². The Balaban J connectivity index is 3.27. The molecule has 0 aromatic rings. The maximum absolute atomic E-state index is 11.8. The zero-order valence-electron chi connectivity index (χ0n) is 21.1. The lowest BCUT2D eigenvalue weighted by Gasteiger charge is -2.09. The van der Waals surface area contributed by atoms with Crippen molar-refractivity contribution in [3.05, 3.63) is 0 Å². The zero-order chi connectivity index (χ0) is 23.0. The Morgan fingerprint density at radius 1 is 0.581 bits per heavy atom. The van der Waals surface area contributed by atoms with E-state index in [1.807, 2.05) is 0 Å². The molecule has 0 saturated carbocycles. The van der Waals surface area contributed by atoms with Gasteiger partial charge in [0, 0.05) is 12.8 Å². The summed E-state index contributed by atoms with van der Waals surface area (Å²) in [6.45, 7) is 7.60. The summed E-state index contributed by atoms with van der Waals surface area (Å²) in [4.78, 5) is 23.4. The summed E-state index contributed by atoms with van der Waals surface area (Å²) in [5.41, 5.74) is 0. The summed E-state index contributed by atoms with van der Waals surface area (Å²) in [5, 5.41) is 0. The van der Waals surface area contributed by atoms with Crippen LogP contribution in [0.25, 0.3) is 0 Å². The van der Waals surface area contributed by atoms with Gasteiger partial charge in [0.1, 0.15) is 0 Å². The van der Waals surface area contributed by atoms with E-state index in [4.69, 9.17) is 9.47 Å². The Labute approximate surface area is 193 Å². The monoisotopic (exact) mass is 440 g/mol. The van der Waals surface area contributed by atoms with Crippen molar-refractivity contribution in [3.8, 4) is 0 Å². The topological polar surface area (TPSA) is 52.6 Å². The van der Waals surface area contributed by atoms with Crippen molar-refractivity contribution >= 4 is 11.9 Å². The second-order valence-corrected chi connectivity index (χ2v) is 9.22. The van der Waals surface area contributed by atoms with Crippen molar-refractivity contribution in [1.82, 2.24) is 0 Å². The van der Waals surface area contributed by atoms with Gasteiger partial charge in [-0.25, -0.2) is 0 Å². The van der Waals surface area contributed by atoms with Crippen LogP contribution in [0.3, 0.4) is 0 Å². The van der Waals surface area contributed by atoms with Crippen LogP contribution in [0.5, 0.6) is 0 Å². The molecule has 184 valence electrons. The molecule has 0 aromatic carbocycles. The molecule has 0 N–H and O–H groups in total. The molecule has 0 aliphatic heterocycles. The molecule has 0 aliphatic rings. The van der Waals surface area contributed by atoms with Crippen molar-refractivity contribution in [2.24, 2.45) is 5.92 Å². The molecule has 0 aliphatic carbocycles. The maximum atomic E-state index is 11.8. The second-order valence-electron chi connectivity index (χ2n) is 9.22. The maximum Gasteiger partial charge on any atom is 0.305 e. The minimum atomic E-state index is -0.0644. The molecule has 0 amide bonds. The molecule has 31 heavy (non-hydrogen) atoms. The van der Waals surface area contributed by atoms with E-state index in [1.165, 1.54) is 57.8 Å². The lowest BCUT2D eigenvalue weighted by molar-refractivity contribution is -0.145. The van der Waals surface area contributed by atoms with Gasteiger partial charge in [-0.05, 0) is 25.2 Å². The molecule has 4 nitrogen and oxygen atoms in total. The first-order valence-electron chi connectivity index (χ1n) is 13.4. The fraction of sp³-hybridized carbons (Fsp3) is 0.926. The molecular weight excluding hydrogens is 388 g/mol. The minimum absolute atomic E-state index is 0.0417. The largest absolute Gasteiger partial charge is 0.466 e. The first-order valence-corrected chi connectivity index (χ1v) is 13.4. The van der Waals surface area contributed by atoms with Gasteiger partial charge in [0.05, 0.1) is 13.2 Å². The van der Waals surface area contributed by atoms with Crippen LogP contribution in [0.4, 0.5) is 0 Å². The second kappa shape index (κ2) is 23.6. The number of hydrogen-bond acceptors (Lipinski definition) is 4. The number of carbonyl (C=O) groups is 2. The first-order chi connectivity index (χ1) is 15.1. The Kier molecular flexibility index (Phi) is 22.8. The van der Waals surface area contributed by atoms with Crippen molar-refractivity contribution in [1.29, 1.82) is 0 Å². The fourth-order valence-corrected chi connectivity index (χ4v) is 3.52. The van der Waals surface area contributed by atoms with Crippen LogP contribution in [0.15, 0.2) is 0 Å². The molecule has 0 aromatic heterocycles. The predicted octanol–water partition coefficient (Wildman–Crippen LogP) is 8.16. The molecule has 0 rings (SSSR count). The molecule has 0 saturated heterocycles. The number of rotatable bonds is 23. The number of hydrogen-bond donors (Lipinski definition) is 0. The quantitative estimate of drug-likeness (QED) is 0.119. The third kappa shape index (κ3) is 23.4. The highest BCUT2D eigenvalue weighted by Gasteiger charge is 2.06. The normalized spacial score (nSPS) is 12.0. The number of ether oxygens (including phenoxy) is 2. The lowest BCUT2D eigenvalue weighted by Crippen LogP contribution is -2.11. The summed E-state index contributed by atoms with van der Waals surface area (Å²) in [6.07, 6.45) is 21.2. The van der Waals surface area contributed by atoms with Crippen molar-refractivity contribution in [3.63, 3.8) is 0 Å². The molecule has 0 fully saturated rings. The van der Waals surface area contributed by atoms with E-state index in [2.05, 4.69) is 20.8 Å². The first kappa shape index (κ1) is 29.9. The number of esters is 2. The molecule has 0 radical (unpaired) electrons. The van der Waals surface area contributed by atoms with Gasteiger partial charge >= 0.3 is 11.9 Å². The lowest BCUT2D eigenvalue weighted by atomic mass is 10.1. The number of unbranched alkanes of at least 4 members (excludes halogenated alkanes) is 14. The van der Waals surface area contributed by atoms with Gasteiger partial charge in [0.15, 0.2) is 0 Å². The van der Waals surface area contributed by atoms with Crippen molar-refractivity contribution in [2.75, 3.05) is 13.2 Å². The molecule has 0 spiro atoms. The van der Waals surface area contributed by atoms with Crippen LogP contribution in [0.2, 0.25) is 0 Å². The molecule has 1 unspecified atom stereocenters. The highest BCUT2D eigenvalue weighted by Crippen LogP contribution is 2.12. The van der Waals surface area contributed by atoms with E-state index in [1.54, 1.807) is 0 Å². The van der Waals surface area contributed by atoms with E-state index in [-0.39, 0.29) is 11.9 Å². The van der Waals surface area contributed by atoms with Gasteiger partial charge in [0.25, 0.3) is 0 Å². The van der Waals surface area contributed by atoms with Crippen LogP contribution in [-0.2, 0) is 19.1 Å². The summed E-state index contributed by atoms with van der Waals surface area (Å²) in [5.74, 6) is 0.343. The summed E-state index contributed by atoms with van der Waals surface area (Å²) in [7, 11) is 0. The van der Waals surface area contributed by atoms with Gasteiger partial charge in [-0.3, -0.25) is 9.59 Å². The highest BCUT2D eigenvalue weighted by molar-refractivity contribution is 5.69. The molecule has 0 heterocycles. The van der Waals surface area contributed by atoms with E-state index in [0.29, 0.717) is 32.0 Å². The Hall–Kier alpha value is -1.06. The average Bonchev–Trinajstić information content (AvgIpc) is 2.77. The van der Waals surface area contributed by atoms with E-state index < -0.39 is 0 Å². The Morgan fingerprint density at radius 3 is 1.48 bits per heavy atom. The number of carbonyl (C=O) groups excluding carboxylic acids is 2. The van der Waals surface area contributed by atoms with Crippen LogP contribution < -0.4 is 0 Å². The van der Waals surface area contributed by atoms with Crippen molar-refractivity contribution < 1.29 is 19.1 Å². The summed E-state index contributed by atoms with van der Waals surface area (Å²) < 4.78 is 10.6. The van der Waals surface area contributed by atoms with Gasteiger partial charge < -0.3 is 9.47 Å². The van der Waals surface area contributed by atoms with E-state index in [9.17, 15) is 9.59 Å². The zero-order valence-corrected chi connectivity index (χ0v) is 21.1. The predicted molar refractivity (Wildman–Crippen MR) is 130 cm³/mol. The van der Waals surface area contributed by atoms with Gasteiger partial charge in [0.2, 0.25) is 0 Å². The SMILES string of the molecule is CCCCCCCCCCCCOC(=O)CCCCCCCCC(=O)OCC(C)CC. The van der Waals surface area contributed by atoms with E-state index >= 15 is 0 Å². The highest BCUT2D eigenvalue weighted by atomic mass is 16.5. The third-order valence-corrected chi connectivity index (χ3v) is 6.00. The van der Waals surface area contributed by atoms with Crippen LogP contribution in [0.1, 0.15) is 143 Å². The van der Waals surface area contributed by atoms with Crippen molar-refractivity contribution in [2.45, 2.75) is 143 Å². The Bertz CT molecular complexity index is 408. The standard InChI is InChI=1S/C27H52O4/c1-4-6-7-8-9-10-11-14-17-20-23-30-26(28)21-18-15-12-13-16-19-22-27(29)31-24-25(3)5-2/h25H,4-24H2,1-3H3.